The zero-order chi connectivity index (χ0) is 19.3. The van der Waals surface area contributed by atoms with Crippen molar-refractivity contribution in [3.05, 3.63) is 30.6 Å². The molecule has 28 heavy (non-hydrogen) atoms. The Hall–Kier alpha value is -2.70. The van der Waals surface area contributed by atoms with Gasteiger partial charge in [-0.25, -0.2) is 9.97 Å². The lowest BCUT2D eigenvalue weighted by Crippen LogP contribution is -2.47. The molecule has 2 saturated heterocycles. The number of anilines is 4. The van der Waals surface area contributed by atoms with Gasteiger partial charge in [-0.05, 0) is 37.1 Å². The molecule has 0 amide bonds. The van der Waals surface area contributed by atoms with Crippen molar-refractivity contribution in [2.75, 3.05) is 66.8 Å². The van der Waals surface area contributed by atoms with E-state index in [0.29, 0.717) is 0 Å². The van der Waals surface area contributed by atoms with E-state index in [0.717, 1.165) is 62.3 Å². The highest BCUT2D eigenvalue weighted by atomic mass is 16.5. The van der Waals surface area contributed by atoms with E-state index in [-0.39, 0.29) is 0 Å². The minimum absolute atomic E-state index is 0.724. The molecule has 4 rings (SSSR count). The van der Waals surface area contributed by atoms with Gasteiger partial charge in [-0.2, -0.15) is 0 Å². The summed E-state index contributed by atoms with van der Waals surface area (Å²) in [6.45, 7) is 5.74. The maximum absolute atomic E-state index is 6.54. The van der Waals surface area contributed by atoms with Crippen molar-refractivity contribution in [2.45, 2.75) is 25.7 Å². The Morgan fingerprint density at radius 2 is 1.29 bits per heavy atom. The van der Waals surface area contributed by atoms with Crippen molar-refractivity contribution in [1.82, 2.24) is 9.97 Å². The third-order valence-electron chi connectivity index (χ3n) is 5.76. The zero-order valence-electron chi connectivity index (χ0n) is 16.7. The number of nitrogen functional groups attached to an aromatic ring is 1. The zero-order valence-corrected chi connectivity index (χ0v) is 16.7. The number of hydrogen-bond donors (Lipinski definition) is 1. The third kappa shape index (κ3) is 3.93. The molecule has 2 aromatic rings. The van der Waals surface area contributed by atoms with E-state index >= 15 is 0 Å². The van der Waals surface area contributed by atoms with Crippen LogP contribution in [0.1, 0.15) is 25.7 Å². The van der Waals surface area contributed by atoms with Gasteiger partial charge in [0.05, 0.1) is 7.11 Å². The Kier molecular flexibility index (Phi) is 5.69. The lowest BCUT2D eigenvalue weighted by atomic mass is 10.2. The van der Waals surface area contributed by atoms with E-state index in [1.54, 1.807) is 13.4 Å². The van der Waals surface area contributed by atoms with Crippen LogP contribution < -0.4 is 25.2 Å². The van der Waals surface area contributed by atoms with Gasteiger partial charge < -0.3 is 25.2 Å². The molecule has 2 aliphatic rings. The summed E-state index contributed by atoms with van der Waals surface area (Å²) < 4.78 is 5.25. The largest absolute Gasteiger partial charge is 0.497 e. The summed E-state index contributed by atoms with van der Waals surface area (Å²) in [6.07, 6.45) is 6.67. The van der Waals surface area contributed by atoms with Gasteiger partial charge in [0.1, 0.15) is 17.8 Å². The van der Waals surface area contributed by atoms with Crippen LogP contribution in [0.25, 0.3) is 0 Å². The number of benzene rings is 1. The molecule has 0 radical (unpaired) electrons. The molecular weight excluding hydrogens is 352 g/mol. The lowest BCUT2D eigenvalue weighted by Gasteiger charge is -2.37. The molecule has 2 N–H and O–H groups in total. The first-order chi connectivity index (χ1) is 13.8. The Morgan fingerprint density at radius 1 is 0.750 bits per heavy atom. The summed E-state index contributed by atoms with van der Waals surface area (Å²) in [5, 5.41) is 0. The Bertz CT molecular complexity index is 765. The number of aromatic nitrogens is 2. The quantitative estimate of drug-likeness (QED) is 0.872. The van der Waals surface area contributed by atoms with Crippen molar-refractivity contribution in [1.29, 1.82) is 0 Å². The molecule has 0 saturated carbocycles. The number of hydrogen-bond acceptors (Lipinski definition) is 7. The van der Waals surface area contributed by atoms with Crippen molar-refractivity contribution in [3.8, 4) is 5.75 Å². The number of ether oxygens (including phenoxy) is 1. The van der Waals surface area contributed by atoms with Gasteiger partial charge in [-0.1, -0.05) is 12.8 Å². The van der Waals surface area contributed by atoms with Gasteiger partial charge in [0.15, 0.2) is 11.6 Å². The third-order valence-corrected chi connectivity index (χ3v) is 5.76. The van der Waals surface area contributed by atoms with E-state index in [2.05, 4.69) is 36.8 Å². The van der Waals surface area contributed by atoms with Gasteiger partial charge in [-0.15, -0.1) is 0 Å². The predicted molar refractivity (Wildman–Crippen MR) is 115 cm³/mol. The van der Waals surface area contributed by atoms with Crippen LogP contribution >= 0.6 is 0 Å². The van der Waals surface area contributed by atoms with Crippen LogP contribution in [0.5, 0.6) is 5.75 Å². The second-order valence-electron chi connectivity index (χ2n) is 7.51. The van der Waals surface area contributed by atoms with Gasteiger partial charge >= 0.3 is 0 Å². The van der Waals surface area contributed by atoms with Crippen LogP contribution in [-0.4, -0.2) is 56.3 Å². The molecule has 0 aliphatic carbocycles. The summed E-state index contributed by atoms with van der Waals surface area (Å²) in [5.41, 5.74) is 8.49. The lowest BCUT2D eigenvalue weighted by molar-refractivity contribution is 0.415. The molecule has 0 spiro atoms. The Labute approximate surface area is 167 Å². The number of nitrogens with two attached hydrogens (primary N) is 1. The first kappa shape index (κ1) is 18.7. The average Bonchev–Trinajstić information content (AvgIpc) is 3.04. The molecule has 2 fully saturated rings. The molecule has 0 bridgehead atoms. The predicted octanol–water partition coefficient (Wildman–Crippen LogP) is 2.77. The summed E-state index contributed by atoms with van der Waals surface area (Å²) in [5.74, 6) is 2.67. The fourth-order valence-corrected chi connectivity index (χ4v) is 4.13. The molecule has 3 heterocycles. The number of piperazine rings is 1. The SMILES string of the molecule is COc1ccc(N2CCN(c3ncnc(N4CCCCCC4)c3N)CC2)cc1. The Morgan fingerprint density at radius 3 is 1.86 bits per heavy atom. The molecule has 1 aromatic heterocycles. The minimum atomic E-state index is 0.724. The molecule has 1 aromatic carbocycles. The normalized spacial score (nSPS) is 18.1. The topological polar surface area (TPSA) is 70.8 Å². The van der Waals surface area contributed by atoms with E-state index in [1.807, 2.05) is 12.1 Å². The highest BCUT2D eigenvalue weighted by molar-refractivity contribution is 5.76. The summed E-state index contributed by atoms with van der Waals surface area (Å²) in [6, 6.07) is 8.26. The van der Waals surface area contributed by atoms with Crippen molar-refractivity contribution in [2.24, 2.45) is 0 Å². The van der Waals surface area contributed by atoms with Crippen LogP contribution in [-0.2, 0) is 0 Å². The molecule has 7 nitrogen and oxygen atoms in total. The number of rotatable bonds is 4. The standard InChI is InChI=1S/C21H30N6O/c1-28-18-8-6-17(7-9-18)25-12-14-27(15-13-25)21-19(22)20(23-16-24-21)26-10-4-2-3-5-11-26/h6-9,16H,2-5,10-15,22H2,1H3. The van der Waals surface area contributed by atoms with E-state index in [9.17, 15) is 0 Å². The monoisotopic (exact) mass is 382 g/mol. The van der Waals surface area contributed by atoms with E-state index in [4.69, 9.17) is 10.5 Å². The first-order valence-corrected chi connectivity index (χ1v) is 10.3. The summed E-state index contributed by atoms with van der Waals surface area (Å²) in [4.78, 5) is 16.1. The fraction of sp³-hybridized carbons (Fsp3) is 0.524. The van der Waals surface area contributed by atoms with Crippen LogP contribution in [0.2, 0.25) is 0 Å². The van der Waals surface area contributed by atoms with Crippen LogP contribution in [0, 0.1) is 0 Å². The molecule has 7 heteroatoms. The second kappa shape index (κ2) is 8.54. The molecule has 0 unspecified atom stereocenters. The van der Waals surface area contributed by atoms with Gasteiger partial charge in [0.2, 0.25) is 0 Å². The van der Waals surface area contributed by atoms with Crippen LogP contribution in [0.4, 0.5) is 23.0 Å². The number of methoxy groups -OCH3 is 1. The smallest absolute Gasteiger partial charge is 0.157 e. The molecule has 2 aliphatic heterocycles. The number of nitrogens with zero attached hydrogens (tertiary/aromatic N) is 5. The second-order valence-corrected chi connectivity index (χ2v) is 7.51. The maximum Gasteiger partial charge on any atom is 0.157 e. The molecule has 150 valence electrons. The van der Waals surface area contributed by atoms with E-state index < -0.39 is 0 Å². The average molecular weight is 383 g/mol. The van der Waals surface area contributed by atoms with Gasteiger partial charge in [0, 0.05) is 45.0 Å². The van der Waals surface area contributed by atoms with Crippen molar-refractivity contribution in [3.63, 3.8) is 0 Å². The molecule has 0 atom stereocenters. The van der Waals surface area contributed by atoms with E-state index in [1.165, 1.54) is 31.4 Å². The summed E-state index contributed by atoms with van der Waals surface area (Å²) >= 11 is 0. The maximum atomic E-state index is 6.54. The first-order valence-electron chi connectivity index (χ1n) is 10.3. The van der Waals surface area contributed by atoms with Crippen molar-refractivity contribution < 1.29 is 4.74 Å². The fourth-order valence-electron chi connectivity index (χ4n) is 4.13. The highest BCUT2D eigenvalue weighted by Gasteiger charge is 2.23. The highest BCUT2D eigenvalue weighted by Crippen LogP contribution is 2.31. The van der Waals surface area contributed by atoms with Gasteiger partial charge in [-0.3, -0.25) is 0 Å². The summed E-state index contributed by atoms with van der Waals surface area (Å²) in [7, 11) is 1.69. The molecular formula is C21H30N6O. The van der Waals surface area contributed by atoms with Crippen molar-refractivity contribution >= 4 is 23.0 Å². The Balaban J connectivity index is 1.44. The van der Waals surface area contributed by atoms with Crippen LogP contribution in [0.3, 0.4) is 0 Å². The van der Waals surface area contributed by atoms with Gasteiger partial charge in [0.25, 0.3) is 0 Å². The minimum Gasteiger partial charge on any atom is -0.497 e. The van der Waals surface area contributed by atoms with Crippen LogP contribution in [0.15, 0.2) is 30.6 Å².